The van der Waals surface area contributed by atoms with Gasteiger partial charge in [0.05, 0.1) is 11.9 Å². The smallest absolute Gasteiger partial charge is 0.275 e. The Kier molecular flexibility index (Phi) is 3.89. The van der Waals surface area contributed by atoms with Gasteiger partial charge >= 0.3 is 0 Å². The van der Waals surface area contributed by atoms with E-state index in [1.54, 1.807) is 10.6 Å². The third-order valence-corrected chi connectivity index (χ3v) is 3.64. The van der Waals surface area contributed by atoms with E-state index in [-0.39, 0.29) is 5.91 Å². The zero-order valence-electron chi connectivity index (χ0n) is 11.7. The highest BCUT2D eigenvalue weighted by Crippen LogP contribution is 2.18. The van der Waals surface area contributed by atoms with Gasteiger partial charge in [0.1, 0.15) is 23.0 Å². The molecular weight excluding hydrogens is 351 g/mol. The summed E-state index contributed by atoms with van der Waals surface area (Å²) in [7, 11) is 0. The van der Waals surface area contributed by atoms with Gasteiger partial charge in [0.25, 0.3) is 5.91 Å². The Bertz CT molecular complexity index is 845. The van der Waals surface area contributed by atoms with Gasteiger partial charge in [-0.15, -0.1) is 0 Å². The topological polar surface area (TPSA) is 59.3 Å². The fraction of sp³-hybridized carbons (Fsp3) is 0.133. The third kappa shape index (κ3) is 2.71. The van der Waals surface area contributed by atoms with E-state index in [1.807, 2.05) is 19.1 Å². The van der Waals surface area contributed by atoms with Gasteiger partial charge < -0.3 is 5.32 Å². The number of pyridine rings is 2. The van der Waals surface area contributed by atoms with Crippen LogP contribution in [0, 0.1) is 5.82 Å². The molecule has 0 unspecified atom stereocenters. The number of halogens is 2. The maximum absolute atomic E-state index is 12.9. The maximum Gasteiger partial charge on any atom is 0.275 e. The molecule has 0 fully saturated rings. The van der Waals surface area contributed by atoms with Gasteiger partial charge in [0, 0.05) is 10.7 Å². The van der Waals surface area contributed by atoms with Gasteiger partial charge in [-0.1, -0.05) is 6.92 Å². The number of nitrogens with zero attached hydrogens (tertiary/aromatic N) is 3. The molecule has 0 radical (unpaired) electrons. The quantitative estimate of drug-likeness (QED) is 0.776. The number of amides is 1. The molecule has 3 heterocycles. The number of hydrogen-bond donors (Lipinski definition) is 1. The van der Waals surface area contributed by atoms with Crippen molar-refractivity contribution in [3.05, 3.63) is 58.3 Å². The van der Waals surface area contributed by atoms with Gasteiger partial charge in [-0.25, -0.2) is 14.4 Å². The van der Waals surface area contributed by atoms with Crippen LogP contribution in [0.3, 0.4) is 0 Å². The lowest BCUT2D eigenvalue weighted by atomic mass is 10.2. The summed E-state index contributed by atoms with van der Waals surface area (Å²) in [5.41, 5.74) is 1.83. The molecule has 22 heavy (non-hydrogen) atoms. The highest BCUT2D eigenvalue weighted by atomic mass is 79.9. The summed E-state index contributed by atoms with van der Waals surface area (Å²) in [5.74, 6) is -0.495. The molecule has 3 aromatic rings. The van der Waals surface area contributed by atoms with Crippen LogP contribution in [-0.2, 0) is 6.42 Å². The maximum atomic E-state index is 12.9. The molecule has 5 nitrogen and oxygen atoms in total. The molecule has 0 aliphatic carbocycles. The first-order valence-electron chi connectivity index (χ1n) is 6.68. The van der Waals surface area contributed by atoms with Crippen LogP contribution in [-0.4, -0.2) is 20.3 Å². The molecule has 0 atom stereocenters. The van der Waals surface area contributed by atoms with Crippen LogP contribution < -0.4 is 5.32 Å². The number of rotatable bonds is 3. The fourth-order valence-corrected chi connectivity index (χ4v) is 2.52. The zero-order valence-corrected chi connectivity index (χ0v) is 13.3. The lowest BCUT2D eigenvalue weighted by Gasteiger charge is -2.06. The van der Waals surface area contributed by atoms with Crippen molar-refractivity contribution in [1.29, 1.82) is 0 Å². The molecule has 0 bridgehead atoms. The van der Waals surface area contributed by atoms with Crippen LogP contribution in [0.15, 0.2) is 41.1 Å². The molecule has 0 aliphatic heterocycles. The Morgan fingerprint density at radius 1 is 1.36 bits per heavy atom. The van der Waals surface area contributed by atoms with Crippen LogP contribution in [0.25, 0.3) is 5.65 Å². The molecule has 1 amide bonds. The van der Waals surface area contributed by atoms with Crippen LogP contribution in [0.4, 0.5) is 10.2 Å². The number of aryl methyl sites for hydroxylation is 1. The lowest BCUT2D eigenvalue weighted by molar-refractivity contribution is 0.102. The second-order valence-corrected chi connectivity index (χ2v) is 5.57. The number of imidazole rings is 1. The van der Waals surface area contributed by atoms with Crippen molar-refractivity contribution >= 4 is 33.3 Å². The summed E-state index contributed by atoms with van der Waals surface area (Å²) in [5, 5.41) is 2.67. The van der Waals surface area contributed by atoms with Crippen molar-refractivity contribution in [2.45, 2.75) is 13.3 Å². The first kappa shape index (κ1) is 14.6. The van der Waals surface area contributed by atoms with Crippen LogP contribution >= 0.6 is 15.9 Å². The third-order valence-electron chi connectivity index (χ3n) is 3.17. The summed E-state index contributed by atoms with van der Waals surface area (Å²) in [6, 6.07) is 6.35. The Morgan fingerprint density at radius 3 is 2.86 bits per heavy atom. The van der Waals surface area contributed by atoms with Crippen molar-refractivity contribution in [2.24, 2.45) is 0 Å². The van der Waals surface area contributed by atoms with Crippen LogP contribution in [0.1, 0.15) is 23.1 Å². The molecule has 3 aromatic heterocycles. The second-order valence-electron chi connectivity index (χ2n) is 4.65. The number of carbonyl (C=O) groups is 1. The van der Waals surface area contributed by atoms with Gasteiger partial charge in [0.2, 0.25) is 0 Å². The van der Waals surface area contributed by atoms with E-state index < -0.39 is 5.82 Å². The largest absolute Gasteiger partial charge is 0.305 e. The van der Waals surface area contributed by atoms with Crippen molar-refractivity contribution in [2.75, 3.05) is 5.32 Å². The molecule has 0 aliphatic rings. The van der Waals surface area contributed by atoms with Crippen molar-refractivity contribution in [3.8, 4) is 0 Å². The van der Waals surface area contributed by atoms with Crippen LogP contribution in [0.2, 0.25) is 0 Å². The van der Waals surface area contributed by atoms with Gasteiger partial charge in [-0.05, 0) is 46.6 Å². The van der Waals surface area contributed by atoms with E-state index in [9.17, 15) is 9.18 Å². The fourth-order valence-electron chi connectivity index (χ4n) is 2.18. The summed E-state index contributed by atoms with van der Waals surface area (Å²) in [4.78, 5) is 20.8. The summed E-state index contributed by atoms with van der Waals surface area (Å²) >= 11 is 3.39. The highest BCUT2D eigenvalue weighted by molar-refractivity contribution is 9.10. The predicted octanol–water partition coefficient (Wildman–Crippen LogP) is 3.45. The summed E-state index contributed by atoms with van der Waals surface area (Å²) in [6.45, 7) is 1.93. The van der Waals surface area contributed by atoms with Gasteiger partial charge in [0.15, 0.2) is 0 Å². The zero-order chi connectivity index (χ0) is 15.7. The minimum Gasteiger partial charge on any atom is -0.305 e. The standard InChI is InChI=1S/C15H12BrFN4O/c1-2-11-14(21-8-9(16)3-6-13(21)19-11)15(22)20-12-5-4-10(17)7-18-12/h3-8H,2H2,1H3,(H,18,20,22). The lowest BCUT2D eigenvalue weighted by Crippen LogP contribution is -2.17. The summed E-state index contributed by atoms with van der Waals surface area (Å²) < 4.78 is 15.4. The minimum atomic E-state index is -0.453. The number of hydrogen-bond acceptors (Lipinski definition) is 3. The SMILES string of the molecule is CCc1nc2ccc(Br)cn2c1C(=O)Nc1ccc(F)cn1. The number of fused-ring (bicyclic) bond motifs is 1. The average Bonchev–Trinajstić information content (AvgIpc) is 2.87. The Hall–Kier alpha value is -2.28. The number of nitrogens with one attached hydrogen (secondary N) is 1. The molecule has 0 spiro atoms. The van der Waals surface area contributed by atoms with E-state index in [0.29, 0.717) is 29.3 Å². The Labute approximate surface area is 134 Å². The molecule has 1 N–H and O–H groups in total. The highest BCUT2D eigenvalue weighted by Gasteiger charge is 2.18. The number of anilines is 1. The summed E-state index contributed by atoms with van der Waals surface area (Å²) in [6.07, 6.45) is 3.47. The van der Waals surface area contributed by atoms with Crippen molar-refractivity contribution in [3.63, 3.8) is 0 Å². The normalized spacial score (nSPS) is 10.9. The molecule has 112 valence electrons. The molecule has 3 rings (SSSR count). The van der Waals surface area contributed by atoms with Crippen molar-refractivity contribution < 1.29 is 9.18 Å². The van der Waals surface area contributed by atoms with Gasteiger partial charge in [-0.2, -0.15) is 0 Å². The number of carbonyl (C=O) groups excluding carboxylic acids is 1. The molecular formula is C15H12BrFN4O. The van der Waals surface area contributed by atoms with E-state index in [1.165, 1.54) is 12.1 Å². The monoisotopic (exact) mass is 362 g/mol. The second kappa shape index (κ2) is 5.84. The van der Waals surface area contributed by atoms with E-state index in [4.69, 9.17) is 0 Å². The first-order chi connectivity index (χ1) is 10.6. The average molecular weight is 363 g/mol. The molecule has 7 heteroatoms. The molecule has 0 saturated heterocycles. The molecule has 0 aromatic carbocycles. The van der Waals surface area contributed by atoms with E-state index in [2.05, 4.69) is 31.2 Å². The predicted molar refractivity (Wildman–Crippen MR) is 84.4 cm³/mol. The minimum absolute atomic E-state index is 0.290. The Morgan fingerprint density at radius 2 is 2.18 bits per heavy atom. The first-order valence-corrected chi connectivity index (χ1v) is 7.47. The van der Waals surface area contributed by atoms with E-state index in [0.717, 1.165) is 10.7 Å². The van der Waals surface area contributed by atoms with Crippen molar-refractivity contribution in [1.82, 2.24) is 14.4 Å². The van der Waals surface area contributed by atoms with E-state index >= 15 is 0 Å². The van der Waals surface area contributed by atoms with Crippen LogP contribution in [0.5, 0.6) is 0 Å². The van der Waals surface area contributed by atoms with Gasteiger partial charge in [-0.3, -0.25) is 9.20 Å². The number of aromatic nitrogens is 3. The molecule has 0 saturated carbocycles. The Balaban J connectivity index is 2.02.